The molecule has 0 aromatic heterocycles. The van der Waals surface area contributed by atoms with Gasteiger partial charge in [-0.05, 0) is 11.6 Å². The number of rotatable bonds is 3. The van der Waals surface area contributed by atoms with Gasteiger partial charge in [0.2, 0.25) is 0 Å². The maximum Gasteiger partial charge on any atom is 0.138 e. The highest BCUT2D eigenvalue weighted by atomic mass is 35.5. The van der Waals surface area contributed by atoms with E-state index in [1.807, 2.05) is 0 Å². The van der Waals surface area contributed by atoms with Crippen molar-refractivity contribution in [3.8, 4) is 5.75 Å². The van der Waals surface area contributed by atoms with Gasteiger partial charge < -0.3 is 14.3 Å². The van der Waals surface area contributed by atoms with Crippen LogP contribution < -0.4 is 4.74 Å². The Morgan fingerprint density at radius 2 is 2.06 bits per heavy atom. The number of carbonyl (C=O) groups excluding carboxylic acids is 1. The molecule has 0 atom stereocenters. The Bertz CT molecular complexity index is 427. The third-order valence-corrected chi connectivity index (χ3v) is 3.61. The number of halogens is 2. The van der Waals surface area contributed by atoms with Crippen molar-refractivity contribution in [3.63, 3.8) is 0 Å². The van der Waals surface area contributed by atoms with E-state index in [-0.39, 0.29) is 0 Å². The van der Waals surface area contributed by atoms with Crippen molar-refractivity contribution < 1.29 is 14.3 Å². The highest BCUT2D eigenvalue weighted by Crippen LogP contribution is 2.41. The molecule has 1 fully saturated rings. The van der Waals surface area contributed by atoms with Gasteiger partial charge in [-0.1, -0.05) is 29.3 Å². The van der Waals surface area contributed by atoms with Gasteiger partial charge in [0.05, 0.1) is 30.8 Å². The lowest BCUT2D eigenvalue weighted by Crippen LogP contribution is -2.48. The van der Waals surface area contributed by atoms with Gasteiger partial charge in [0, 0.05) is 0 Å². The van der Waals surface area contributed by atoms with Crippen molar-refractivity contribution >= 4 is 29.5 Å². The Morgan fingerprint density at radius 1 is 1.38 bits per heavy atom. The van der Waals surface area contributed by atoms with Crippen LogP contribution in [0.1, 0.15) is 5.56 Å². The molecule has 0 spiro atoms. The van der Waals surface area contributed by atoms with Crippen molar-refractivity contribution in [1.29, 1.82) is 0 Å². The number of ether oxygens (including phenoxy) is 2. The average molecular weight is 261 g/mol. The van der Waals surface area contributed by atoms with Crippen LogP contribution in [0.4, 0.5) is 0 Å². The van der Waals surface area contributed by atoms with Crippen molar-refractivity contribution in [2.45, 2.75) is 5.41 Å². The van der Waals surface area contributed by atoms with Crippen LogP contribution in [0.25, 0.3) is 0 Å². The topological polar surface area (TPSA) is 35.5 Å². The van der Waals surface area contributed by atoms with Crippen molar-refractivity contribution in [1.82, 2.24) is 0 Å². The van der Waals surface area contributed by atoms with Crippen LogP contribution >= 0.6 is 23.2 Å². The predicted octanol–water partition coefficient (Wildman–Crippen LogP) is 2.47. The van der Waals surface area contributed by atoms with Gasteiger partial charge in [-0.2, -0.15) is 0 Å². The molecule has 0 aliphatic carbocycles. The molecule has 0 radical (unpaired) electrons. The predicted molar refractivity (Wildman–Crippen MR) is 61.6 cm³/mol. The summed E-state index contributed by atoms with van der Waals surface area (Å²) in [5, 5.41) is 0.686. The van der Waals surface area contributed by atoms with E-state index in [1.54, 1.807) is 12.1 Å². The van der Waals surface area contributed by atoms with Gasteiger partial charge in [-0.25, -0.2) is 0 Å². The first-order valence-electron chi connectivity index (χ1n) is 4.71. The SMILES string of the molecule is COc1ccc(C2(C=O)COC2)c(Cl)c1Cl. The molecule has 1 aliphatic heterocycles. The molecule has 86 valence electrons. The molecular weight excluding hydrogens is 251 g/mol. The quantitative estimate of drug-likeness (QED) is 0.784. The fourth-order valence-corrected chi connectivity index (χ4v) is 2.27. The molecule has 0 bridgehead atoms. The second kappa shape index (κ2) is 4.24. The minimum Gasteiger partial charge on any atom is -0.495 e. The first kappa shape index (κ1) is 11.7. The third-order valence-electron chi connectivity index (χ3n) is 2.75. The van der Waals surface area contributed by atoms with Crippen LogP contribution in [0.3, 0.4) is 0 Å². The zero-order valence-corrected chi connectivity index (χ0v) is 10.1. The largest absolute Gasteiger partial charge is 0.495 e. The van der Waals surface area contributed by atoms with Crippen LogP contribution in [0, 0.1) is 0 Å². The van der Waals surface area contributed by atoms with Gasteiger partial charge >= 0.3 is 0 Å². The Hall–Kier alpha value is -0.770. The first-order chi connectivity index (χ1) is 7.64. The summed E-state index contributed by atoms with van der Waals surface area (Å²) >= 11 is 12.2. The highest BCUT2D eigenvalue weighted by Gasteiger charge is 2.42. The van der Waals surface area contributed by atoms with E-state index >= 15 is 0 Å². The lowest BCUT2D eigenvalue weighted by atomic mass is 9.80. The zero-order valence-electron chi connectivity index (χ0n) is 8.63. The molecule has 0 unspecified atom stereocenters. The Labute approximate surface area is 103 Å². The van der Waals surface area contributed by atoms with Crippen LogP contribution in [0.2, 0.25) is 10.0 Å². The minimum absolute atomic E-state index is 0.329. The van der Waals surface area contributed by atoms with Crippen LogP contribution in [-0.4, -0.2) is 26.6 Å². The fraction of sp³-hybridized carbons (Fsp3) is 0.364. The molecule has 2 rings (SSSR count). The van der Waals surface area contributed by atoms with Crippen molar-refractivity contribution in [3.05, 3.63) is 27.7 Å². The first-order valence-corrected chi connectivity index (χ1v) is 5.47. The second-order valence-corrected chi connectivity index (χ2v) is 4.47. The molecule has 1 aliphatic rings. The minimum atomic E-state index is -0.646. The Morgan fingerprint density at radius 3 is 2.50 bits per heavy atom. The summed E-state index contributed by atoms with van der Waals surface area (Å²) in [6.45, 7) is 0.692. The van der Waals surface area contributed by atoms with E-state index in [9.17, 15) is 4.79 Å². The van der Waals surface area contributed by atoms with Crippen molar-refractivity contribution in [2.75, 3.05) is 20.3 Å². The maximum absolute atomic E-state index is 11.1. The average Bonchev–Trinajstić information content (AvgIpc) is 2.23. The van der Waals surface area contributed by atoms with Crippen LogP contribution in [-0.2, 0) is 14.9 Å². The summed E-state index contributed by atoms with van der Waals surface area (Å²) in [6, 6.07) is 3.46. The molecule has 1 aromatic rings. The molecule has 0 saturated carbocycles. The summed E-state index contributed by atoms with van der Waals surface area (Å²) in [5.41, 5.74) is 0.0497. The van der Waals surface area contributed by atoms with Gasteiger partial charge in [-0.3, -0.25) is 0 Å². The lowest BCUT2D eigenvalue weighted by molar-refractivity contribution is -0.129. The molecule has 5 heteroatoms. The fourth-order valence-electron chi connectivity index (χ4n) is 1.68. The lowest BCUT2D eigenvalue weighted by Gasteiger charge is -2.37. The van der Waals surface area contributed by atoms with Crippen LogP contribution in [0.15, 0.2) is 12.1 Å². The smallest absolute Gasteiger partial charge is 0.138 e. The Kier molecular flexibility index (Phi) is 3.10. The summed E-state index contributed by atoms with van der Waals surface area (Å²) < 4.78 is 10.1. The second-order valence-electron chi connectivity index (χ2n) is 3.71. The number of benzene rings is 1. The zero-order chi connectivity index (χ0) is 11.8. The monoisotopic (exact) mass is 260 g/mol. The highest BCUT2D eigenvalue weighted by molar-refractivity contribution is 6.43. The summed E-state index contributed by atoms with van der Waals surface area (Å²) in [4.78, 5) is 11.1. The summed E-state index contributed by atoms with van der Waals surface area (Å²) in [5.74, 6) is 0.497. The molecule has 1 aromatic carbocycles. The molecule has 1 saturated heterocycles. The molecule has 3 nitrogen and oxygen atoms in total. The van der Waals surface area contributed by atoms with E-state index in [1.165, 1.54) is 7.11 Å². The van der Waals surface area contributed by atoms with E-state index < -0.39 is 5.41 Å². The molecule has 0 amide bonds. The van der Waals surface area contributed by atoms with E-state index in [0.29, 0.717) is 34.6 Å². The van der Waals surface area contributed by atoms with Gasteiger partial charge in [-0.15, -0.1) is 0 Å². The number of methoxy groups -OCH3 is 1. The molecule has 16 heavy (non-hydrogen) atoms. The number of carbonyl (C=O) groups is 1. The standard InChI is InChI=1S/C11H10Cl2O3/c1-15-8-3-2-7(9(12)10(8)13)11(4-14)5-16-6-11/h2-4H,5-6H2,1H3. The summed E-state index contributed by atoms with van der Waals surface area (Å²) in [6.07, 6.45) is 0.862. The third kappa shape index (κ3) is 1.59. The van der Waals surface area contributed by atoms with E-state index in [0.717, 1.165) is 6.29 Å². The van der Waals surface area contributed by atoms with Crippen LogP contribution in [0.5, 0.6) is 5.75 Å². The number of hydrogen-bond acceptors (Lipinski definition) is 3. The summed E-state index contributed by atoms with van der Waals surface area (Å²) in [7, 11) is 1.51. The Balaban J connectivity index is 2.50. The normalized spacial score (nSPS) is 17.7. The van der Waals surface area contributed by atoms with Gasteiger partial charge in [0.1, 0.15) is 17.1 Å². The van der Waals surface area contributed by atoms with Crippen molar-refractivity contribution in [2.24, 2.45) is 0 Å². The van der Waals surface area contributed by atoms with E-state index in [2.05, 4.69) is 0 Å². The molecule has 1 heterocycles. The molecular formula is C11H10Cl2O3. The molecule has 0 N–H and O–H groups in total. The number of aldehydes is 1. The maximum atomic E-state index is 11.1. The van der Waals surface area contributed by atoms with Gasteiger partial charge in [0.25, 0.3) is 0 Å². The van der Waals surface area contributed by atoms with Gasteiger partial charge in [0.15, 0.2) is 0 Å². The number of hydrogen-bond donors (Lipinski definition) is 0. The van der Waals surface area contributed by atoms with E-state index in [4.69, 9.17) is 32.7 Å².